The third-order valence-electron chi connectivity index (χ3n) is 11.6. The van der Waals surface area contributed by atoms with Crippen LogP contribution >= 0.6 is 0 Å². The van der Waals surface area contributed by atoms with Crippen LogP contribution < -0.4 is 0 Å². The van der Waals surface area contributed by atoms with Crippen LogP contribution in [-0.4, -0.2) is 37.2 Å². The lowest BCUT2D eigenvalue weighted by Gasteiger charge is -2.18. The number of ether oxygens (including phenoxy) is 3. The summed E-state index contributed by atoms with van der Waals surface area (Å²) in [4.78, 5) is 38.0. The van der Waals surface area contributed by atoms with Crippen LogP contribution in [0.3, 0.4) is 0 Å². The first-order valence-electron chi connectivity index (χ1n) is 27.0. The molecule has 368 valence electrons. The molecule has 64 heavy (non-hydrogen) atoms. The van der Waals surface area contributed by atoms with Gasteiger partial charge in [0.2, 0.25) is 0 Å². The topological polar surface area (TPSA) is 78.9 Å². The molecular weight excluding hydrogens is 793 g/mol. The molecule has 6 nitrogen and oxygen atoms in total. The van der Waals surface area contributed by atoms with E-state index in [1.807, 2.05) is 54.7 Å². The Morgan fingerprint density at radius 2 is 0.641 bits per heavy atom. The van der Waals surface area contributed by atoms with Crippen LogP contribution in [0.15, 0.2) is 72.9 Å². The molecule has 0 heterocycles. The van der Waals surface area contributed by atoms with E-state index in [4.69, 9.17) is 14.2 Å². The monoisotopic (exact) mass is 893 g/mol. The minimum atomic E-state index is -0.805. The third kappa shape index (κ3) is 49.9. The summed E-state index contributed by atoms with van der Waals surface area (Å²) in [6.45, 7) is 6.44. The summed E-state index contributed by atoms with van der Waals surface area (Å²) in [5, 5.41) is 0. The first kappa shape index (κ1) is 60.9. The quantitative estimate of drug-likeness (QED) is 0.0199. The van der Waals surface area contributed by atoms with Crippen LogP contribution in [-0.2, 0) is 28.6 Å². The van der Waals surface area contributed by atoms with E-state index in [-0.39, 0.29) is 37.5 Å². The van der Waals surface area contributed by atoms with Crippen molar-refractivity contribution in [1.29, 1.82) is 0 Å². The van der Waals surface area contributed by atoms with Gasteiger partial charge in [-0.25, -0.2) is 0 Å². The SMILES string of the molecule is CC\C=C/C=C\C=C/C=C\C=C/CCCC(=O)OCC(COC(=O)CCCCCCC/C=C\CCCCCCCCCCC)OC(=O)CCCCCCCCCCCCCCCCC. The van der Waals surface area contributed by atoms with Gasteiger partial charge in [-0.05, 0) is 57.8 Å². The second kappa shape index (κ2) is 52.5. The van der Waals surface area contributed by atoms with E-state index in [0.717, 1.165) is 57.8 Å². The van der Waals surface area contributed by atoms with Crippen molar-refractivity contribution >= 4 is 17.9 Å². The molecule has 0 aromatic rings. The zero-order valence-electron chi connectivity index (χ0n) is 42.0. The molecule has 0 saturated carbocycles. The van der Waals surface area contributed by atoms with Crippen molar-refractivity contribution < 1.29 is 28.6 Å². The second-order valence-electron chi connectivity index (χ2n) is 17.9. The summed E-state index contributed by atoms with van der Waals surface area (Å²) in [6.07, 6.45) is 66.1. The van der Waals surface area contributed by atoms with Gasteiger partial charge in [0.05, 0.1) is 0 Å². The standard InChI is InChI=1S/C58H100O6/c1-4-7-10-13-16-19-22-25-27-28-29-31-33-36-39-42-45-48-51-57(60)63-54-55(53-62-56(59)50-47-44-41-38-35-32-24-21-18-15-12-9-6-3)64-58(61)52-49-46-43-40-37-34-30-26-23-20-17-14-11-8-5-2/h9,12,15,18,21,24,29,31-32,35,38,41,55H,4-8,10-11,13-14,16-17,19-20,22-23,25-28,30,33-34,36-37,39-40,42-54H2,1-3H3/b12-9-,18-15-,24-21-,31-29-,35-32-,41-38-. The Kier molecular flexibility index (Phi) is 49.9. The van der Waals surface area contributed by atoms with Crippen molar-refractivity contribution in [2.45, 2.75) is 264 Å². The smallest absolute Gasteiger partial charge is 0.306 e. The fourth-order valence-electron chi connectivity index (χ4n) is 7.53. The molecule has 0 rings (SSSR count). The number of carbonyl (C=O) groups is 3. The van der Waals surface area contributed by atoms with Crippen LogP contribution in [0.1, 0.15) is 258 Å². The van der Waals surface area contributed by atoms with Gasteiger partial charge in [0.25, 0.3) is 0 Å². The predicted molar refractivity (Wildman–Crippen MR) is 274 cm³/mol. The Hall–Kier alpha value is -3.15. The number of esters is 3. The zero-order valence-corrected chi connectivity index (χ0v) is 42.0. The zero-order chi connectivity index (χ0) is 46.5. The van der Waals surface area contributed by atoms with Gasteiger partial charge in [0.1, 0.15) is 13.2 Å². The van der Waals surface area contributed by atoms with Crippen molar-refractivity contribution in [3.63, 3.8) is 0 Å². The number of hydrogen-bond acceptors (Lipinski definition) is 6. The molecule has 0 spiro atoms. The summed E-state index contributed by atoms with van der Waals surface area (Å²) in [5.41, 5.74) is 0. The fourth-order valence-corrected chi connectivity index (χ4v) is 7.53. The van der Waals surface area contributed by atoms with Gasteiger partial charge in [-0.15, -0.1) is 0 Å². The predicted octanol–water partition coefficient (Wildman–Crippen LogP) is 17.8. The lowest BCUT2D eigenvalue weighted by molar-refractivity contribution is -0.167. The Labute approximate surface area is 395 Å². The highest BCUT2D eigenvalue weighted by molar-refractivity contribution is 5.71. The van der Waals surface area contributed by atoms with Gasteiger partial charge < -0.3 is 14.2 Å². The van der Waals surface area contributed by atoms with Crippen molar-refractivity contribution in [2.24, 2.45) is 0 Å². The van der Waals surface area contributed by atoms with Crippen molar-refractivity contribution in [1.82, 2.24) is 0 Å². The van der Waals surface area contributed by atoms with Crippen LogP contribution in [0.2, 0.25) is 0 Å². The van der Waals surface area contributed by atoms with Gasteiger partial charge in [-0.1, -0.05) is 254 Å². The average molecular weight is 893 g/mol. The molecule has 0 radical (unpaired) electrons. The number of hydrogen-bond donors (Lipinski definition) is 0. The molecule has 0 aromatic heterocycles. The van der Waals surface area contributed by atoms with Crippen LogP contribution in [0.4, 0.5) is 0 Å². The van der Waals surface area contributed by atoms with Crippen LogP contribution in [0.25, 0.3) is 0 Å². The summed E-state index contributed by atoms with van der Waals surface area (Å²) >= 11 is 0. The molecule has 1 atom stereocenters. The number of allylic oxidation sites excluding steroid dienone is 12. The second-order valence-corrected chi connectivity index (χ2v) is 17.9. The fraction of sp³-hybridized carbons (Fsp3) is 0.741. The van der Waals surface area contributed by atoms with E-state index in [1.165, 1.54) is 154 Å². The molecule has 0 amide bonds. The van der Waals surface area contributed by atoms with E-state index < -0.39 is 6.10 Å². The lowest BCUT2D eigenvalue weighted by Crippen LogP contribution is -2.30. The maximum Gasteiger partial charge on any atom is 0.306 e. The summed E-state index contributed by atoms with van der Waals surface area (Å²) in [7, 11) is 0. The number of rotatable bonds is 48. The van der Waals surface area contributed by atoms with Gasteiger partial charge in [0, 0.05) is 19.3 Å². The minimum absolute atomic E-state index is 0.100. The molecule has 0 N–H and O–H groups in total. The van der Waals surface area contributed by atoms with Gasteiger partial charge in [0.15, 0.2) is 6.10 Å². The normalized spacial score (nSPS) is 12.6. The Bertz CT molecular complexity index is 1210. The maximum absolute atomic E-state index is 12.8. The Morgan fingerprint density at radius 1 is 0.328 bits per heavy atom. The first-order valence-corrected chi connectivity index (χ1v) is 27.0. The summed E-state index contributed by atoms with van der Waals surface area (Å²) in [5.74, 6) is -0.978. The summed E-state index contributed by atoms with van der Waals surface area (Å²) in [6, 6.07) is 0. The molecule has 6 heteroatoms. The Morgan fingerprint density at radius 3 is 1.05 bits per heavy atom. The van der Waals surface area contributed by atoms with Crippen LogP contribution in [0, 0.1) is 0 Å². The van der Waals surface area contributed by atoms with Crippen molar-refractivity contribution in [2.75, 3.05) is 13.2 Å². The van der Waals surface area contributed by atoms with Crippen molar-refractivity contribution in [3.05, 3.63) is 72.9 Å². The van der Waals surface area contributed by atoms with Crippen LogP contribution in [0.5, 0.6) is 0 Å². The Balaban J connectivity index is 4.44. The molecular formula is C58H100O6. The van der Waals surface area contributed by atoms with E-state index in [2.05, 4.69) is 39.0 Å². The van der Waals surface area contributed by atoms with E-state index in [9.17, 15) is 14.4 Å². The van der Waals surface area contributed by atoms with Crippen molar-refractivity contribution in [3.8, 4) is 0 Å². The summed E-state index contributed by atoms with van der Waals surface area (Å²) < 4.78 is 16.7. The average Bonchev–Trinajstić information content (AvgIpc) is 3.29. The first-order chi connectivity index (χ1) is 31.5. The van der Waals surface area contributed by atoms with E-state index in [0.29, 0.717) is 19.3 Å². The highest BCUT2D eigenvalue weighted by Crippen LogP contribution is 2.16. The lowest BCUT2D eigenvalue weighted by atomic mass is 10.0. The molecule has 0 fully saturated rings. The van der Waals surface area contributed by atoms with E-state index in [1.54, 1.807) is 0 Å². The van der Waals surface area contributed by atoms with Gasteiger partial charge >= 0.3 is 17.9 Å². The highest BCUT2D eigenvalue weighted by Gasteiger charge is 2.19. The third-order valence-corrected chi connectivity index (χ3v) is 11.6. The van der Waals surface area contributed by atoms with Gasteiger partial charge in [-0.3, -0.25) is 14.4 Å². The highest BCUT2D eigenvalue weighted by atomic mass is 16.6. The largest absolute Gasteiger partial charge is 0.462 e. The van der Waals surface area contributed by atoms with Gasteiger partial charge in [-0.2, -0.15) is 0 Å². The minimum Gasteiger partial charge on any atom is -0.462 e. The molecule has 0 bridgehead atoms. The molecule has 0 aromatic carbocycles. The molecule has 0 saturated heterocycles. The van der Waals surface area contributed by atoms with E-state index >= 15 is 0 Å². The molecule has 0 aliphatic carbocycles. The molecule has 0 aliphatic rings. The number of carbonyl (C=O) groups excluding carboxylic acids is 3. The molecule has 1 unspecified atom stereocenters. The maximum atomic E-state index is 12.8. The molecule has 0 aliphatic heterocycles. The number of unbranched alkanes of at least 4 members (excludes halogenated alkanes) is 29.